The number of hydrogen-bond donors (Lipinski definition) is 1. The third-order valence-electron chi connectivity index (χ3n) is 4.31. The van der Waals surface area contributed by atoms with Gasteiger partial charge in [0.25, 0.3) is 0 Å². The topological polar surface area (TPSA) is 49.8 Å². The van der Waals surface area contributed by atoms with Gasteiger partial charge in [0.1, 0.15) is 0 Å². The Kier molecular flexibility index (Phi) is 5.01. The standard InChI is InChI=1S/C14H25NO3/c1-2-18-14(17)11-7-9-15(10-8-11)12-5-3-4-6-13(12)16/h11-13,16H,2-10H2,1H3/t12-,13-/m0/s1. The number of likely N-dealkylation sites (tertiary alicyclic amines) is 1. The van der Waals surface area contributed by atoms with E-state index in [2.05, 4.69) is 4.90 Å². The van der Waals surface area contributed by atoms with Crippen LogP contribution in [0.15, 0.2) is 0 Å². The molecule has 2 rings (SSSR count). The van der Waals surface area contributed by atoms with Crippen molar-refractivity contribution in [3.63, 3.8) is 0 Å². The summed E-state index contributed by atoms with van der Waals surface area (Å²) in [5.74, 6) is 0.0308. The van der Waals surface area contributed by atoms with E-state index in [1.54, 1.807) is 0 Å². The van der Waals surface area contributed by atoms with Gasteiger partial charge < -0.3 is 9.84 Å². The Morgan fingerprint density at radius 2 is 1.89 bits per heavy atom. The number of piperidine rings is 1. The quantitative estimate of drug-likeness (QED) is 0.778. The number of carbonyl (C=O) groups is 1. The van der Waals surface area contributed by atoms with E-state index < -0.39 is 0 Å². The number of esters is 1. The highest BCUT2D eigenvalue weighted by molar-refractivity contribution is 5.72. The van der Waals surface area contributed by atoms with Crippen molar-refractivity contribution in [2.24, 2.45) is 5.92 Å². The van der Waals surface area contributed by atoms with E-state index in [0.29, 0.717) is 12.6 Å². The van der Waals surface area contributed by atoms with Crippen molar-refractivity contribution in [3.05, 3.63) is 0 Å². The van der Waals surface area contributed by atoms with E-state index in [4.69, 9.17) is 4.74 Å². The summed E-state index contributed by atoms with van der Waals surface area (Å²) in [4.78, 5) is 14.0. The fraction of sp³-hybridized carbons (Fsp3) is 0.929. The molecule has 0 aromatic carbocycles. The summed E-state index contributed by atoms with van der Waals surface area (Å²) in [5, 5.41) is 10.0. The molecule has 0 aromatic heterocycles. The Morgan fingerprint density at radius 3 is 2.50 bits per heavy atom. The van der Waals surface area contributed by atoms with Crippen LogP contribution in [-0.4, -0.2) is 47.8 Å². The summed E-state index contributed by atoms with van der Waals surface area (Å²) < 4.78 is 5.08. The zero-order valence-corrected chi connectivity index (χ0v) is 11.3. The highest BCUT2D eigenvalue weighted by atomic mass is 16.5. The third kappa shape index (κ3) is 3.23. The maximum absolute atomic E-state index is 11.7. The van der Waals surface area contributed by atoms with Gasteiger partial charge in [-0.25, -0.2) is 0 Å². The predicted octanol–water partition coefficient (Wildman–Crippen LogP) is 1.56. The molecule has 2 atom stereocenters. The van der Waals surface area contributed by atoms with Crippen LogP contribution in [0.25, 0.3) is 0 Å². The van der Waals surface area contributed by atoms with Gasteiger partial charge in [-0.05, 0) is 45.7 Å². The van der Waals surface area contributed by atoms with Crippen LogP contribution in [0.2, 0.25) is 0 Å². The summed E-state index contributed by atoms with van der Waals surface area (Å²) in [6.07, 6.45) is 5.99. The summed E-state index contributed by atoms with van der Waals surface area (Å²) in [5.41, 5.74) is 0. The Morgan fingerprint density at radius 1 is 1.22 bits per heavy atom. The van der Waals surface area contributed by atoms with E-state index in [1.165, 1.54) is 6.42 Å². The number of nitrogens with zero attached hydrogens (tertiary/aromatic N) is 1. The van der Waals surface area contributed by atoms with Gasteiger partial charge in [0, 0.05) is 6.04 Å². The number of ether oxygens (including phenoxy) is 1. The molecule has 1 saturated carbocycles. The van der Waals surface area contributed by atoms with Crippen molar-refractivity contribution >= 4 is 5.97 Å². The number of aliphatic hydroxyl groups is 1. The first-order valence-electron chi connectivity index (χ1n) is 7.31. The molecular formula is C14H25NO3. The molecule has 0 aromatic rings. The van der Waals surface area contributed by atoms with Gasteiger partial charge in [-0.3, -0.25) is 9.69 Å². The minimum Gasteiger partial charge on any atom is -0.466 e. The maximum Gasteiger partial charge on any atom is 0.309 e. The average Bonchev–Trinajstić information content (AvgIpc) is 2.40. The molecular weight excluding hydrogens is 230 g/mol. The van der Waals surface area contributed by atoms with Crippen LogP contribution >= 0.6 is 0 Å². The van der Waals surface area contributed by atoms with Gasteiger partial charge in [0.15, 0.2) is 0 Å². The zero-order chi connectivity index (χ0) is 13.0. The van der Waals surface area contributed by atoms with Gasteiger partial charge in [-0.15, -0.1) is 0 Å². The molecule has 1 aliphatic heterocycles. The van der Waals surface area contributed by atoms with E-state index in [0.717, 1.165) is 45.2 Å². The molecule has 1 aliphatic carbocycles. The summed E-state index contributed by atoms with van der Waals surface area (Å²) in [6.45, 7) is 4.17. The van der Waals surface area contributed by atoms with Crippen molar-refractivity contribution in [1.29, 1.82) is 0 Å². The van der Waals surface area contributed by atoms with Gasteiger partial charge in [0.2, 0.25) is 0 Å². The molecule has 0 spiro atoms. The second-order valence-electron chi connectivity index (χ2n) is 5.48. The molecule has 0 amide bonds. The zero-order valence-electron chi connectivity index (χ0n) is 11.3. The highest BCUT2D eigenvalue weighted by Crippen LogP contribution is 2.27. The SMILES string of the molecule is CCOC(=O)C1CCN([C@H]2CCCC[C@@H]2O)CC1. The van der Waals surface area contributed by atoms with Crippen LogP contribution in [0.5, 0.6) is 0 Å². The largest absolute Gasteiger partial charge is 0.466 e. The molecule has 1 saturated heterocycles. The number of hydrogen-bond acceptors (Lipinski definition) is 4. The van der Waals surface area contributed by atoms with E-state index in [9.17, 15) is 9.90 Å². The maximum atomic E-state index is 11.7. The number of carbonyl (C=O) groups excluding carboxylic acids is 1. The lowest BCUT2D eigenvalue weighted by Crippen LogP contribution is -2.49. The first-order chi connectivity index (χ1) is 8.72. The monoisotopic (exact) mass is 255 g/mol. The lowest BCUT2D eigenvalue weighted by molar-refractivity contribution is -0.150. The highest BCUT2D eigenvalue weighted by Gasteiger charge is 2.33. The molecule has 18 heavy (non-hydrogen) atoms. The molecule has 1 N–H and O–H groups in total. The molecule has 4 nitrogen and oxygen atoms in total. The van der Waals surface area contributed by atoms with Crippen molar-refractivity contribution in [3.8, 4) is 0 Å². The van der Waals surface area contributed by atoms with Crippen molar-refractivity contribution in [2.75, 3.05) is 19.7 Å². The van der Waals surface area contributed by atoms with E-state index >= 15 is 0 Å². The summed E-state index contributed by atoms with van der Waals surface area (Å²) in [7, 11) is 0. The summed E-state index contributed by atoms with van der Waals surface area (Å²) >= 11 is 0. The van der Waals surface area contributed by atoms with E-state index in [-0.39, 0.29) is 18.0 Å². The fourth-order valence-electron chi connectivity index (χ4n) is 3.24. The molecule has 2 fully saturated rings. The summed E-state index contributed by atoms with van der Waals surface area (Å²) in [6, 6.07) is 0.321. The van der Waals surface area contributed by atoms with Crippen molar-refractivity contribution < 1.29 is 14.6 Å². The van der Waals surface area contributed by atoms with Crippen LogP contribution in [0.4, 0.5) is 0 Å². The second-order valence-corrected chi connectivity index (χ2v) is 5.48. The smallest absolute Gasteiger partial charge is 0.309 e. The van der Waals surface area contributed by atoms with Gasteiger partial charge in [-0.2, -0.15) is 0 Å². The molecule has 1 heterocycles. The van der Waals surface area contributed by atoms with Crippen molar-refractivity contribution in [1.82, 2.24) is 4.90 Å². The first kappa shape index (κ1) is 13.8. The Hall–Kier alpha value is -0.610. The second kappa shape index (κ2) is 6.53. The van der Waals surface area contributed by atoms with Crippen LogP contribution in [0.1, 0.15) is 45.4 Å². The first-order valence-corrected chi connectivity index (χ1v) is 7.31. The van der Waals surface area contributed by atoms with Crippen molar-refractivity contribution in [2.45, 2.75) is 57.6 Å². The molecule has 104 valence electrons. The average molecular weight is 255 g/mol. The molecule has 0 radical (unpaired) electrons. The number of aliphatic hydroxyl groups excluding tert-OH is 1. The van der Waals surface area contributed by atoms with Gasteiger partial charge >= 0.3 is 5.97 Å². The molecule has 0 unspecified atom stereocenters. The molecule has 2 aliphatic rings. The normalized spacial score (nSPS) is 31.2. The van der Waals surface area contributed by atoms with Crippen LogP contribution in [0, 0.1) is 5.92 Å². The third-order valence-corrected chi connectivity index (χ3v) is 4.31. The minimum absolute atomic E-state index is 0.0404. The van der Waals surface area contributed by atoms with Gasteiger partial charge in [0.05, 0.1) is 18.6 Å². The van der Waals surface area contributed by atoms with Gasteiger partial charge in [-0.1, -0.05) is 12.8 Å². The van der Waals surface area contributed by atoms with Crippen LogP contribution < -0.4 is 0 Å². The minimum atomic E-state index is -0.169. The molecule has 0 bridgehead atoms. The molecule has 4 heteroatoms. The van der Waals surface area contributed by atoms with Crippen LogP contribution in [0.3, 0.4) is 0 Å². The Balaban J connectivity index is 1.80. The fourth-order valence-corrected chi connectivity index (χ4v) is 3.24. The lowest BCUT2D eigenvalue weighted by Gasteiger charge is -2.41. The van der Waals surface area contributed by atoms with E-state index in [1.807, 2.05) is 6.92 Å². The Labute approximate surface area is 109 Å². The Bertz CT molecular complexity index is 274. The number of rotatable bonds is 3. The predicted molar refractivity (Wildman–Crippen MR) is 69.2 cm³/mol. The lowest BCUT2D eigenvalue weighted by atomic mass is 9.88. The van der Waals surface area contributed by atoms with Crippen LogP contribution in [-0.2, 0) is 9.53 Å².